The van der Waals surface area contributed by atoms with Crippen molar-refractivity contribution in [1.82, 2.24) is 4.57 Å². The van der Waals surface area contributed by atoms with Gasteiger partial charge in [-0.1, -0.05) is 175 Å². The van der Waals surface area contributed by atoms with Crippen LogP contribution in [0.4, 0.5) is 0 Å². The number of aryl methyl sites for hydroxylation is 2. The molecule has 0 aliphatic heterocycles. The Hall–Kier alpha value is -0.790. The molecular weight excluding hydrogens is 484 g/mol. The van der Waals surface area contributed by atoms with Gasteiger partial charge in [-0.15, -0.1) is 0 Å². The van der Waals surface area contributed by atoms with Gasteiger partial charge in [0, 0.05) is 6.42 Å². The average Bonchev–Trinajstić information content (AvgIpc) is 3.35. The fourth-order valence-corrected chi connectivity index (χ4v) is 6.33. The number of unbranched alkanes of at least 4 members (excludes halogenated alkanes) is 26. The molecule has 1 rings (SSSR count). The predicted molar refractivity (Wildman–Crippen MR) is 179 cm³/mol. The predicted octanol–water partition coefficient (Wildman–Crippen LogP) is 12.7. The zero-order valence-corrected chi connectivity index (χ0v) is 28.2. The average molecular weight is 560 g/mol. The lowest BCUT2D eigenvalue weighted by Gasteiger charge is -2.07. The van der Waals surface area contributed by atoms with Crippen molar-refractivity contribution >= 4 is 0 Å². The van der Waals surface area contributed by atoms with E-state index in [1.54, 1.807) is 5.82 Å². The SMILES string of the molecule is CCCCCCCCCCCCCCCCn1cc[n+](CCCCCCCCCCC)c1CCCCCCCC. The minimum Gasteiger partial charge on any atom is -0.234 e. The van der Waals surface area contributed by atoms with Crippen LogP contribution in [-0.4, -0.2) is 4.57 Å². The first-order valence-electron chi connectivity index (χ1n) is 18.9. The zero-order valence-electron chi connectivity index (χ0n) is 28.2. The van der Waals surface area contributed by atoms with Gasteiger partial charge in [0.15, 0.2) is 0 Å². The van der Waals surface area contributed by atoms with Crippen LogP contribution in [0.25, 0.3) is 0 Å². The maximum absolute atomic E-state index is 2.63. The standard InChI is InChI=1S/C38H75N2/c1-4-7-10-13-16-18-19-20-21-22-24-26-29-32-35-40-37-36-39(38(40)33-30-27-15-12-9-6-3)34-31-28-25-23-17-14-11-8-5-2/h36-37H,4-35H2,1-3H3/q+1. The minimum atomic E-state index is 1.23. The summed E-state index contributed by atoms with van der Waals surface area (Å²) in [6.07, 6.45) is 47.4. The molecule has 0 amide bonds. The first-order chi connectivity index (χ1) is 19.8. The molecule has 1 aromatic rings. The van der Waals surface area contributed by atoms with E-state index in [1.807, 2.05) is 0 Å². The van der Waals surface area contributed by atoms with Crippen LogP contribution in [-0.2, 0) is 19.5 Å². The molecule has 0 N–H and O–H groups in total. The topological polar surface area (TPSA) is 8.81 Å². The van der Waals surface area contributed by atoms with E-state index in [1.165, 1.54) is 206 Å². The van der Waals surface area contributed by atoms with Crippen molar-refractivity contribution in [2.75, 3.05) is 0 Å². The molecule has 1 aromatic heterocycles. The molecule has 0 aliphatic carbocycles. The fourth-order valence-electron chi connectivity index (χ4n) is 6.33. The van der Waals surface area contributed by atoms with Gasteiger partial charge in [0.2, 0.25) is 0 Å². The molecule has 1 heterocycles. The highest BCUT2D eigenvalue weighted by Gasteiger charge is 2.16. The number of nitrogens with zero attached hydrogens (tertiary/aromatic N) is 2. The molecule has 0 spiro atoms. The Labute approximate surface area is 253 Å². The van der Waals surface area contributed by atoms with Gasteiger partial charge in [-0.05, 0) is 32.1 Å². The lowest BCUT2D eigenvalue weighted by molar-refractivity contribution is -0.704. The van der Waals surface area contributed by atoms with Crippen LogP contribution in [0.5, 0.6) is 0 Å². The Morgan fingerprint density at radius 3 is 1.20 bits per heavy atom. The van der Waals surface area contributed by atoms with Crippen LogP contribution >= 0.6 is 0 Å². The number of hydrogen-bond acceptors (Lipinski definition) is 0. The van der Waals surface area contributed by atoms with Crippen molar-refractivity contribution < 1.29 is 4.57 Å². The second-order valence-electron chi connectivity index (χ2n) is 13.0. The van der Waals surface area contributed by atoms with Crippen molar-refractivity contribution in [3.05, 3.63) is 18.2 Å². The normalized spacial score (nSPS) is 11.6. The van der Waals surface area contributed by atoms with Crippen molar-refractivity contribution in [3.63, 3.8) is 0 Å². The summed E-state index contributed by atoms with van der Waals surface area (Å²) in [4.78, 5) is 0. The molecule has 0 saturated carbocycles. The highest BCUT2D eigenvalue weighted by Crippen LogP contribution is 2.15. The smallest absolute Gasteiger partial charge is 0.234 e. The summed E-state index contributed by atoms with van der Waals surface area (Å²) in [6, 6.07) is 0. The van der Waals surface area contributed by atoms with Crippen LogP contribution in [0.2, 0.25) is 0 Å². The van der Waals surface area contributed by atoms with E-state index in [4.69, 9.17) is 0 Å². The van der Waals surface area contributed by atoms with Gasteiger partial charge < -0.3 is 0 Å². The van der Waals surface area contributed by atoms with Crippen LogP contribution < -0.4 is 4.57 Å². The molecule has 0 aliphatic rings. The van der Waals surface area contributed by atoms with E-state index in [0.29, 0.717) is 0 Å². The van der Waals surface area contributed by atoms with Crippen LogP contribution in [0.1, 0.15) is 213 Å². The quantitative estimate of drug-likeness (QED) is 0.0613. The van der Waals surface area contributed by atoms with Gasteiger partial charge in [0.25, 0.3) is 5.82 Å². The first kappa shape index (κ1) is 37.2. The van der Waals surface area contributed by atoms with E-state index < -0.39 is 0 Å². The van der Waals surface area contributed by atoms with E-state index in [0.717, 1.165) is 0 Å². The number of imidazole rings is 1. The van der Waals surface area contributed by atoms with E-state index in [2.05, 4.69) is 42.3 Å². The molecule has 0 unspecified atom stereocenters. The summed E-state index contributed by atoms with van der Waals surface area (Å²) in [6.45, 7) is 9.40. The largest absolute Gasteiger partial charge is 0.256 e. The monoisotopic (exact) mass is 560 g/mol. The number of rotatable bonds is 32. The summed E-state index contributed by atoms with van der Waals surface area (Å²) in [5, 5.41) is 0. The van der Waals surface area contributed by atoms with Crippen molar-refractivity contribution in [2.45, 2.75) is 226 Å². The van der Waals surface area contributed by atoms with E-state index in [9.17, 15) is 0 Å². The third-order valence-electron chi connectivity index (χ3n) is 9.10. The van der Waals surface area contributed by atoms with E-state index in [-0.39, 0.29) is 0 Å². The molecule has 0 atom stereocenters. The van der Waals surface area contributed by atoms with E-state index >= 15 is 0 Å². The lowest BCUT2D eigenvalue weighted by Crippen LogP contribution is -2.37. The molecule has 2 nitrogen and oxygen atoms in total. The molecule has 0 saturated heterocycles. The summed E-state index contributed by atoms with van der Waals surface area (Å²) in [5.41, 5.74) is 0. The minimum absolute atomic E-state index is 1.23. The van der Waals surface area contributed by atoms with Crippen LogP contribution in [0, 0.1) is 0 Å². The molecular formula is C38H75N2+. The Balaban J connectivity index is 2.24. The van der Waals surface area contributed by atoms with Gasteiger partial charge in [0.1, 0.15) is 12.4 Å². The maximum Gasteiger partial charge on any atom is 0.256 e. The third-order valence-corrected chi connectivity index (χ3v) is 9.10. The van der Waals surface area contributed by atoms with Gasteiger partial charge in [-0.3, -0.25) is 0 Å². The summed E-state index contributed by atoms with van der Waals surface area (Å²) in [5.74, 6) is 1.62. The zero-order chi connectivity index (χ0) is 28.8. The van der Waals surface area contributed by atoms with Crippen LogP contribution in [0.15, 0.2) is 12.4 Å². The summed E-state index contributed by atoms with van der Waals surface area (Å²) in [7, 11) is 0. The second-order valence-corrected chi connectivity index (χ2v) is 13.0. The van der Waals surface area contributed by atoms with Gasteiger partial charge in [0.05, 0.1) is 13.1 Å². The second kappa shape index (κ2) is 29.7. The van der Waals surface area contributed by atoms with Crippen LogP contribution in [0.3, 0.4) is 0 Å². The first-order valence-corrected chi connectivity index (χ1v) is 18.9. The Kier molecular flexibility index (Phi) is 27.6. The van der Waals surface area contributed by atoms with Crippen molar-refractivity contribution in [3.8, 4) is 0 Å². The number of hydrogen-bond donors (Lipinski definition) is 0. The van der Waals surface area contributed by atoms with Gasteiger partial charge in [-0.25, -0.2) is 9.13 Å². The third kappa shape index (κ3) is 21.9. The molecule has 2 heteroatoms. The van der Waals surface area contributed by atoms with Crippen molar-refractivity contribution in [2.24, 2.45) is 0 Å². The lowest BCUT2D eigenvalue weighted by atomic mass is 10.0. The van der Waals surface area contributed by atoms with Crippen molar-refractivity contribution in [1.29, 1.82) is 0 Å². The maximum atomic E-state index is 2.63. The fraction of sp³-hybridized carbons (Fsp3) is 0.921. The molecule has 0 fully saturated rings. The molecule has 236 valence electrons. The highest BCUT2D eigenvalue weighted by atomic mass is 15.1. The molecule has 0 aromatic carbocycles. The van der Waals surface area contributed by atoms with Gasteiger partial charge in [-0.2, -0.15) is 0 Å². The Bertz CT molecular complexity index is 619. The van der Waals surface area contributed by atoms with Gasteiger partial charge >= 0.3 is 0 Å². The number of aromatic nitrogens is 2. The summed E-state index contributed by atoms with van der Waals surface area (Å²) < 4.78 is 5.25. The Morgan fingerprint density at radius 1 is 0.425 bits per heavy atom. The Morgan fingerprint density at radius 2 is 0.775 bits per heavy atom. The molecule has 40 heavy (non-hydrogen) atoms. The molecule has 0 bridgehead atoms. The summed E-state index contributed by atoms with van der Waals surface area (Å²) >= 11 is 0. The molecule has 0 radical (unpaired) electrons. The highest BCUT2D eigenvalue weighted by molar-refractivity contribution is 4.84.